The molecule has 6 heteroatoms. The summed E-state index contributed by atoms with van der Waals surface area (Å²) >= 11 is 0. The van der Waals surface area contributed by atoms with Gasteiger partial charge in [-0.1, -0.05) is 0 Å². The Balaban J connectivity index is 1.89. The van der Waals surface area contributed by atoms with Crippen molar-refractivity contribution in [3.05, 3.63) is 59.8 Å². The van der Waals surface area contributed by atoms with E-state index in [0.29, 0.717) is 17.2 Å². The van der Waals surface area contributed by atoms with E-state index in [1.54, 1.807) is 24.2 Å². The number of rotatable bonds is 4. The Hall–Kier alpha value is -2.73. The molecule has 1 amide bonds. The van der Waals surface area contributed by atoms with Gasteiger partial charge in [-0.2, -0.15) is 0 Å². The first-order valence-electron chi connectivity index (χ1n) is 10.1. The highest BCUT2D eigenvalue weighted by Crippen LogP contribution is 2.35. The van der Waals surface area contributed by atoms with E-state index in [1.165, 1.54) is 17.7 Å². The van der Waals surface area contributed by atoms with Crippen molar-refractivity contribution < 1.29 is 9.18 Å². The smallest absolute Gasteiger partial charge is 0.256 e. The molecule has 0 aliphatic carbocycles. The van der Waals surface area contributed by atoms with Crippen LogP contribution in [-0.2, 0) is 0 Å². The lowest BCUT2D eigenvalue weighted by molar-refractivity contribution is 0.0754. The highest BCUT2D eigenvalue weighted by molar-refractivity contribution is 5.99. The number of likely N-dealkylation sites (tertiary alicyclic amines) is 1. The van der Waals surface area contributed by atoms with Crippen molar-refractivity contribution in [3.8, 4) is 5.69 Å². The fourth-order valence-corrected chi connectivity index (χ4v) is 4.13. The summed E-state index contributed by atoms with van der Waals surface area (Å²) in [7, 11) is 3.88. The van der Waals surface area contributed by atoms with Gasteiger partial charge in [0.1, 0.15) is 5.82 Å². The molecule has 2 aromatic heterocycles. The highest BCUT2D eigenvalue weighted by atomic mass is 19.1. The van der Waals surface area contributed by atoms with Gasteiger partial charge in [-0.15, -0.1) is 0 Å². The molecule has 152 valence electrons. The van der Waals surface area contributed by atoms with Crippen LogP contribution in [0.2, 0.25) is 0 Å². The van der Waals surface area contributed by atoms with Crippen LogP contribution in [0.3, 0.4) is 0 Å². The van der Waals surface area contributed by atoms with Crippen LogP contribution >= 0.6 is 0 Å². The van der Waals surface area contributed by atoms with Crippen LogP contribution in [0.4, 0.5) is 4.39 Å². The number of benzene rings is 1. The van der Waals surface area contributed by atoms with Crippen LogP contribution in [0, 0.1) is 5.82 Å². The first kappa shape index (κ1) is 19.6. The van der Waals surface area contributed by atoms with E-state index in [-0.39, 0.29) is 11.9 Å². The standard InChI is InChI=1S/C23H27FN4O/c1-15(2)27(4)23(29)19-11-17(24)5-6-21(19)28-14-20(16-8-10-26(3)13-16)18-7-9-25-12-22(18)28/h5-7,9,11-12,14-16H,8,10,13H2,1-4H3. The van der Waals surface area contributed by atoms with Gasteiger partial charge in [0.05, 0.1) is 23.0 Å². The Morgan fingerprint density at radius 1 is 1.31 bits per heavy atom. The molecule has 1 fully saturated rings. The lowest BCUT2D eigenvalue weighted by Crippen LogP contribution is -2.33. The molecule has 0 spiro atoms. The Kier molecular flexibility index (Phi) is 5.13. The quantitative estimate of drug-likeness (QED) is 0.670. The van der Waals surface area contributed by atoms with Gasteiger partial charge in [0.15, 0.2) is 0 Å². The van der Waals surface area contributed by atoms with E-state index in [0.717, 1.165) is 30.4 Å². The number of carbonyl (C=O) groups excluding carboxylic acids is 1. The van der Waals surface area contributed by atoms with Crippen molar-refractivity contribution in [2.24, 2.45) is 0 Å². The normalized spacial score (nSPS) is 17.4. The minimum atomic E-state index is -0.415. The zero-order chi connectivity index (χ0) is 20.7. The third kappa shape index (κ3) is 3.53. The lowest BCUT2D eigenvalue weighted by atomic mass is 9.98. The van der Waals surface area contributed by atoms with Gasteiger partial charge in [-0.25, -0.2) is 4.39 Å². The molecule has 0 saturated carbocycles. The number of amides is 1. The third-order valence-electron chi connectivity index (χ3n) is 6.01. The minimum absolute atomic E-state index is 0.0197. The average molecular weight is 394 g/mol. The predicted molar refractivity (Wildman–Crippen MR) is 113 cm³/mol. The molecule has 4 rings (SSSR count). The van der Waals surface area contributed by atoms with Gasteiger partial charge < -0.3 is 14.4 Å². The third-order valence-corrected chi connectivity index (χ3v) is 6.01. The van der Waals surface area contributed by atoms with Crippen molar-refractivity contribution in [3.63, 3.8) is 0 Å². The average Bonchev–Trinajstić information content (AvgIpc) is 3.30. The molecule has 1 aromatic carbocycles. The first-order chi connectivity index (χ1) is 13.9. The number of aromatic nitrogens is 2. The van der Waals surface area contributed by atoms with Crippen molar-refractivity contribution >= 4 is 16.8 Å². The Labute approximate surface area is 170 Å². The molecule has 0 bridgehead atoms. The maximum absolute atomic E-state index is 14.1. The van der Waals surface area contributed by atoms with Gasteiger partial charge >= 0.3 is 0 Å². The zero-order valence-corrected chi connectivity index (χ0v) is 17.4. The maximum atomic E-state index is 14.1. The molecule has 1 aliphatic heterocycles. The van der Waals surface area contributed by atoms with Crippen molar-refractivity contribution in [2.75, 3.05) is 27.2 Å². The van der Waals surface area contributed by atoms with E-state index in [1.807, 2.05) is 30.7 Å². The molecule has 1 unspecified atom stereocenters. The SMILES string of the molecule is CC(C)N(C)C(=O)c1cc(F)ccc1-n1cc(C2CCN(C)C2)c2ccncc21. The van der Waals surface area contributed by atoms with Gasteiger partial charge in [-0.3, -0.25) is 9.78 Å². The molecule has 1 saturated heterocycles. The van der Waals surface area contributed by atoms with Gasteiger partial charge in [0.25, 0.3) is 5.91 Å². The zero-order valence-electron chi connectivity index (χ0n) is 17.4. The van der Waals surface area contributed by atoms with Gasteiger partial charge in [-0.05, 0) is 69.6 Å². The molecular weight excluding hydrogens is 367 g/mol. The summed E-state index contributed by atoms with van der Waals surface area (Å²) in [5.41, 5.74) is 3.23. The Morgan fingerprint density at radius 3 is 2.79 bits per heavy atom. The molecule has 29 heavy (non-hydrogen) atoms. The molecular formula is C23H27FN4O. The molecule has 0 radical (unpaired) electrons. The molecule has 3 heterocycles. The van der Waals surface area contributed by atoms with E-state index >= 15 is 0 Å². The number of hydrogen-bond donors (Lipinski definition) is 0. The molecule has 0 N–H and O–H groups in total. The number of hydrogen-bond acceptors (Lipinski definition) is 3. The first-order valence-corrected chi connectivity index (χ1v) is 10.1. The maximum Gasteiger partial charge on any atom is 0.256 e. The molecule has 3 aromatic rings. The number of nitrogens with zero attached hydrogens (tertiary/aromatic N) is 4. The fraction of sp³-hybridized carbons (Fsp3) is 0.391. The molecule has 5 nitrogen and oxygen atoms in total. The summed E-state index contributed by atoms with van der Waals surface area (Å²) in [6.45, 7) is 5.97. The van der Waals surface area contributed by atoms with E-state index in [4.69, 9.17) is 0 Å². The number of halogens is 1. The Morgan fingerprint density at radius 2 is 2.10 bits per heavy atom. The van der Waals surface area contributed by atoms with Crippen molar-refractivity contribution in [2.45, 2.75) is 32.2 Å². The molecule has 1 aliphatic rings. The summed E-state index contributed by atoms with van der Waals surface area (Å²) in [4.78, 5) is 21.4. The van der Waals surface area contributed by atoms with Crippen molar-refractivity contribution in [1.82, 2.24) is 19.4 Å². The summed E-state index contributed by atoms with van der Waals surface area (Å²) in [6, 6.07) is 6.48. The summed E-state index contributed by atoms with van der Waals surface area (Å²) in [5.74, 6) is -0.173. The van der Waals surface area contributed by atoms with Crippen LogP contribution in [0.15, 0.2) is 42.9 Å². The number of carbonyl (C=O) groups is 1. The summed E-state index contributed by atoms with van der Waals surface area (Å²) < 4.78 is 16.1. The van der Waals surface area contributed by atoms with Crippen LogP contribution in [0.1, 0.15) is 42.1 Å². The second-order valence-corrected chi connectivity index (χ2v) is 8.27. The van der Waals surface area contributed by atoms with Crippen molar-refractivity contribution in [1.29, 1.82) is 0 Å². The fourth-order valence-electron chi connectivity index (χ4n) is 4.13. The number of likely N-dealkylation sites (N-methyl/N-ethyl adjacent to an activating group) is 1. The van der Waals surface area contributed by atoms with Crippen LogP contribution in [0.25, 0.3) is 16.6 Å². The van der Waals surface area contributed by atoms with Crippen LogP contribution < -0.4 is 0 Å². The van der Waals surface area contributed by atoms with Crippen LogP contribution in [-0.4, -0.2) is 58.5 Å². The summed E-state index contributed by atoms with van der Waals surface area (Å²) in [5, 5.41) is 1.14. The lowest BCUT2D eigenvalue weighted by Gasteiger charge is -2.23. The molecule has 1 atom stereocenters. The summed E-state index contributed by atoms with van der Waals surface area (Å²) in [6.07, 6.45) is 6.83. The van der Waals surface area contributed by atoms with E-state index in [9.17, 15) is 9.18 Å². The van der Waals surface area contributed by atoms with Gasteiger partial charge in [0.2, 0.25) is 0 Å². The van der Waals surface area contributed by atoms with E-state index in [2.05, 4.69) is 23.1 Å². The number of pyridine rings is 1. The van der Waals surface area contributed by atoms with E-state index < -0.39 is 5.82 Å². The second-order valence-electron chi connectivity index (χ2n) is 8.27. The largest absolute Gasteiger partial charge is 0.339 e. The highest BCUT2D eigenvalue weighted by Gasteiger charge is 2.26. The Bertz CT molecular complexity index is 1060. The second kappa shape index (κ2) is 7.59. The van der Waals surface area contributed by atoms with Crippen LogP contribution in [0.5, 0.6) is 0 Å². The number of fused-ring (bicyclic) bond motifs is 1. The minimum Gasteiger partial charge on any atom is -0.339 e. The monoisotopic (exact) mass is 394 g/mol. The topological polar surface area (TPSA) is 41.4 Å². The predicted octanol–water partition coefficient (Wildman–Crippen LogP) is 4.06. The van der Waals surface area contributed by atoms with Gasteiger partial charge in [0, 0.05) is 37.4 Å².